The molecule has 2 N–H and O–H groups in total. The number of guanidine groups is 1. The Balaban J connectivity index is 1.48. The molecule has 1 fully saturated rings. The van der Waals surface area contributed by atoms with Crippen molar-refractivity contribution in [2.45, 2.75) is 25.8 Å². The molecule has 7 heteroatoms. The molecule has 0 amide bonds. The van der Waals surface area contributed by atoms with Crippen LogP contribution in [-0.2, 0) is 13.0 Å². The molecule has 1 aliphatic rings. The average Bonchev–Trinajstić information content (AvgIpc) is 3.26. The Labute approximate surface area is 172 Å². The highest BCUT2D eigenvalue weighted by Crippen LogP contribution is 2.22. The minimum absolute atomic E-state index is 0.701. The van der Waals surface area contributed by atoms with Crippen LogP contribution in [0.1, 0.15) is 24.0 Å². The predicted molar refractivity (Wildman–Crippen MR) is 116 cm³/mol. The molecule has 2 aromatic rings. The lowest BCUT2D eigenvalue weighted by atomic mass is 10.1. The van der Waals surface area contributed by atoms with Crippen molar-refractivity contribution in [2.24, 2.45) is 4.99 Å². The number of methoxy groups -OCH3 is 1. The lowest BCUT2D eigenvalue weighted by molar-refractivity contribution is 0.414. The second kappa shape index (κ2) is 10.2. The third-order valence-electron chi connectivity index (χ3n) is 4.87. The van der Waals surface area contributed by atoms with Crippen molar-refractivity contribution in [1.29, 1.82) is 0 Å². The molecular weight excluding hydrogens is 374 g/mol. The van der Waals surface area contributed by atoms with Crippen LogP contribution in [0.3, 0.4) is 0 Å². The van der Waals surface area contributed by atoms with Crippen LogP contribution in [0.15, 0.2) is 41.5 Å². The summed E-state index contributed by atoms with van der Waals surface area (Å²) in [4.78, 5) is 11.1. The first-order chi connectivity index (χ1) is 13.7. The molecule has 0 aliphatic carbocycles. The van der Waals surface area contributed by atoms with Crippen molar-refractivity contribution in [3.63, 3.8) is 0 Å². The van der Waals surface area contributed by atoms with E-state index < -0.39 is 0 Å². The zero-order chi connectivity index (χ0) is 19.8. The number of hydrogen-bond acceptors (Lipinski definition) is 4. The lowest BCUT2D eigenvalue weighted by Gasteiger charge is -2.17. The van der Waals surface area contributed by atoms with E-state index in [-0.39, 0.29) is 0 Å². The molecule has 0 bridgehead atoms. The third-order valence-corrected chi connectivity index (χ3v) is 5.22. The van der Waals surface area contributed by atoms with Gasteiger partial charge in [-0.05, 0) is 54.7 Å². The second-order valence-electron chi connectivity index (χ2n) is 6.78. The minimum atomic E-state index is 0.701. The summed E-state index contributed by atoms with van der Waals surface area (Å²) >= 11 is 6.30. The Hall–Kier alpha value is -2.47. The smallest absolute Gasteiger partial charge is 0.191 e. The number of anilines is 1. The number of halogens is 1. The summed E-state index contributed by atoms with van der Waals surface area (Å²) in [5.41, 5.74) is 2.27. The van der Waals surface area contributed by atoms with Crippen molar-refractivity contribution in [3.05, 3.63) is 52.7 Å². The Bertz CT molecular complexity index is 805. The zero-order valence-electron chi connectivity index (χ0n) is 16.5. The van der Waals surface area contributed by atoms with Gasteiger partial charge in [0, 0.05) is 44.4 Å². The fourth-order valence-corrected chi connectivity index (χ4v) is 3.53. The van der Waals surface area contributed by atoms with Crippen LogP contribution >= 0.6 is 11.6 Å². The normalized spacial score (nSPS) is 14.2. The third kappa shape index (κ3) is 5.52. The topological polar surface area (TPSA) is 61.8 Å². The Kier molecular flexibility index (Phi) is 7.37. The van der Waals surface area contributed by atoms with Crippen molar-refractivity contribution in [1.82, 2.24) is 15.6 Å². The summed E-state index contributed by atoms with van der Waals surface area (Å²) in [7, 11) is 3.41. The van der Waals surface area contributed by atoms with E-state index in [2.05, 4.69) is 31.6 Å². The molecular formula is C21H28ClN5O. The van der Waals surface area contributed by atoms with Gasteiger partial charge in [-0.3, -0.25) is 4.99 Å². The fraction of sp³-hybridized carbons (Fsp3) is 0.429. The summed E-state index contributed by atoms with van der Waals surface area (Å²) in [6.07, 6.45) is 5.18. The number of ether oxygens (including phenoxy) is 1. The zero-order valence-corrected chi connectivity index (χ0v) is 17.3. The van der Waals surface area contributed by atoms with Crippen molar-refractivity contribution in [3.8, 4) is 5.75 Å². The van der Waals surface area contributed by atoms with Crippen LogP contribution in [0.25, 0.3) is 0 Å². The highest BCUT2D eigenvalue weighted by Gasteiger charge is 2.13. The van der Waals surface area contributed by atoms with Gasteiger partial charge in [0.25, 0.3) is 0 Å². The standard InChI is InChI=1S/C21H28ClN5O/c1-23-21(25-10-8-17-5-6-18(28-2)14-19(17)22)26-15-16-7-9-24-20(13-16)27-11-3-4-12-27/h5-7,9,13-14H,3-4,8,10-12,15H2,1-2H3,(H2,23,25,26). The van der Waals surface area contributed by atoms with Gasteiger partial charge in [-0.15, -0.1) is 0 Å². The van der Waals surface area contributed by atoms with Gasteiger partial charge in [0.05, 0.1) is 7.11 Å². The molecule has 3 rings (SSSR count). The van der Waals surface area contributed by atoms with E-state index in [0.29, 0.717) is 6.54 Å². The first-order valence-corrected chi connectivity index (χ1v) is 10.0. The summed E-state index contributed by atoms with van der Waals surface area (Å²) in [5.74, 6) is 2.60. The highest BCUT2D eigenvalue weighted by molar-refractivity contribution is 6.31. The van der Waals surface area contributed by atoms with Gasteiger partial charge in [0.1, 0.15) is 11.6 Å². The fourth-order valence-electron chi connectivity index (χ4n) is 3.27. The second-order valence-corrected chi connectivity index (χ2v) is 7.18. The largest absolute Gasteiger partial charge is 0.497 e. The van der Waals surface area contributed by atoms with E-state index in [0.717, 1.165) is 54.2 Å². The van der Waals surface area contributed by atoms with Gasteiger partial charge in [0.15, 0.2) is 5.96 Å². The van der Waals surface area contributed by atoms with E-state index in [1.54, 1.807) is 14.2 Å². The van der Waals surface area contributed by atoms with Gasteiger partial charge in [-0.25, -0.2) is 4.98 Å². The van der Waals surface area contributed by atoms with Crippen molar-refractivity contribution in [2.75, 3.05) is 38.7 Å². The molecule has 1 aliphatic heterocycles. The van der Waals surface area contributed by atoms with Gasteiger partial charge >= 0.3 is 0 Å². The van der Waals surface area contributed by atoms with Crippen LogP contribution in [0.2, 0.25) is 5.02 Å². The number of nitrogens with one attached hydrogen (secondary N) is 2. The monoisotopic (exact) mass is 401 g/mol. The predicted octanol–water partition coefficient (Wildman–Crippen LogP) is 3.25. The maximum atomic E-state index is 6.30. The number of aliphatic imine (C=N–C) groups is 1. The molecule has 28 heavy (non-hydrogen) atoms. The van der Waals surface area contributed by atoms with Gasteiger partial charge in [0.2, 0.25) is 0 Å². The molecule has 2 heterocycles. The molecule has 0 unspecified atom stereocenters. The highest BCUT2D eigenvalue weighted by atomic mass is 35.5. The van der Waals surface area contributed by atoms with E-state index in [1.165, 1.54) is 18.4 Å². The van der Waals surface area contributed by atoms with E-state index >= 15 is 0 Å². The first-order valence-electron chi connectivity index (χ1n) is 9.66. The molecule has 1 aromatic carbocycles. The number of pyridine rings is 1. The van der Waals surface area contributed by atoms with Crippen molar-refractivity contribution >= 4 is 23.4 Å². The molecule has 0 spiro atoms. The average molecular weight is 402 g/mol. The first kappa shape index (κ1) is 20.3. The molecule has 1 saturated heterocycles. The molecule has 0 atom stereocenters. The van der Waals surface area contributed by atoms with Gasteiger partial charge in [-0.1, -0.05) is 17.7 Å². The number of nitrogens with zero attached hydrogens (tertiary/aromatic N) is 3. The summed E-state index contributed by atoms with van der Waals surface area (Å²) in [6.45, 7) is 3.63. The Morgan fingerprint density at radius 1 is 1.21 bits per heavy atom. The van der Waals surface area contributed by atoms with Crippen LogP contribution in [-0.4, -0.2) is 44.7 Å². The molecule has 1 aromatic heterocycles. The van der Waals surface area contributed by atoms with E-state index in [1.807, 2.05) is 30.5 Å². The molecule has 0 saturated carbocycles. The van der Waals surface area contributed by atoms with Crippen LogP contribution < -0.4 is 20.3 Å². The Morgan fingerprint density at radius 2 is 2.04 bits per heavy atom. The quantitative estimate of drug-likeness (QED) is 0.550. The number of benzene rings is 1. The molecule has 6 nitrogen and oxygen atoms in total. The van der Waals surface area contributed by atoms with Crippen LogP contribution in [0, 0.1) is 0 Å². The van der Waals surface area contributed by atoms with Crippen LogP contribution in [0.5, 0.6) is 5.75 Å². The summed E-state index contributed by atoms with van der Waals surface area (Å²) < 4.78 is 5.19. The lowest BCUT2D eigenvalue weighted by Crippen LogP contribution is -2.37. The molecule has 0 radical (unpaired) electrons. The van der Waals surface area contributed by atoms with E-state index in [9.17, 15) is 0 Å². The Morgan fingerprint density at radius 3 is 2.75 bits per heavy atom. The number of rotatable bonds is 7. The van der Waals surface area contributed by atoms with Crippen LogP contribution in [0.4, 0.5) is 5.82 Å². The summed E-state index contributed by atoms with van der Waals surface area (Å²) in [6, 6.07) is 9.95. The van der Waals surface area contributed by atoms with Gasteiger partial charge < -0.3 is 20.3 Å². The number of aromatic nitrogens is 1. The minimum Gasteiger partial charge on any atom is -0.497 e. The molecule has 150 valence electrons. The maximum Gasteiger partial charge on any atom is 0.191 e. The SMILES string of the molecule is CN=C(NCCc1ccc(OC)cc1Cl)NCc1ccnc(N2CCCC2)c1. The summed E-state index contributed by atoms with van der Waals surface area (Å²) in [5, 5.41) is 7.42. The number of hydrogen-bond donors (Lipinski definition) is 2. The maximum absolute atomic E-state index is 6.30. The van der Waals surface area contributed by atoms with E-state index in [4.69, 9.17) is 16.3 Å². The van der Waals surface area contributed by atoms with Crippen molar-refractivity contribution < 1.29 is 4.74 Å². The van der Waals surface area contributed by atoms with Gasteiger partial charge in [-0.2, -0.15) is 0 Å².